The van der Waals surface area contributed by atoms with Crippen LogP contribution in [0.1, 0.15) is 26.5 Å². The van der Waals surface area contributed by atoms with Gasteiger partial charge in [-0.3, -0.25) is 5.32 Å². The molecule has 1 fully saturated rings. The first-order valence-electron chi connectivity index (χ1n) is 8.73. The van der Waals surface area contributed by atoms with Gasteiger partial charge in [-0.1, -0.05) is 39.0 Å². The molecule has 1 aliphatic heterocycles. The molecule has 0 radical (unpaired) electrons. The maximum atomic E-state index is 12.7. The lowest BCUT2D eigenvalue weighted by molar-refractivity contribution is 0.106. The van der Waals surface area contributed by atoms with Crippen molar-refractivity contribution in [3.8, 4) is 5.69 Å². The predicted octanol–water partition coefficient (Wildman–Crippen LogP) is 2.39. The van der Waals surface area contributed by atoms with Crippen LogP contribution in [0, 0.1) is 0 Å². The molecule has 2 atom stereocenters. The topological polar surface area (TPSA) is 79.6 Å². The van der Waals surface area contributed by atoms with Crippen LogP contribution in [0.5, 0.6) is 0 Å². The van der Waals surface area contributed by atoms with E-state index in [0.717, 1.165) is 11.4 Å². The average molecular weight is 358 g/mol. The first-order chi connectivity index (χ1) is 12.3. The Morgan fingerprint density at radius 3 is 2.58 bits per heavy atom. The zero-order valence-corrected chi connectivity index (χ0v) is 15.6. The van der Waals surface area contributed by atoms with Crippen molar-refractivity contribution >= 4 is 11.8 Å². The molecule has 0 saturated carbocycles. The first-order valence-corrected chi connectivity index (χ1v) is 8.73. The number of aliphatic hydroxyl groups excluding tert-OH is 1. The van der Waals surface area contributed by atoms with Crippen molar-refractivity contribution in [2.24, 2.45) is 0 Å². The molecule has 7 nitrogen and oxygen atoms in total. The van der Waals surface area contributed by atoms with Gasteiger partial charge < -0.3 is 14.7 Å². The lowest BCUT2D eigenvalue weighted by Crippen LogP contribution is -2.46. The number of nitrogens with zero attached hydrogens (tertiary/aromatic N) is 3. The van der Waals surface area contributed by atoms with Crippen LogP contribution in [0.4, 0.5) is 10.6 Å². The molecule has 0 unspecified atom stereocenters. The van der Waals surface area contributed by atoms with Gasteiger partial charge >= 0.3 is 6.03 Å². The van der Waals surface area contributed by atoms with E-state index in [2.05, 4.69) is 31.2 Å². The van der Waals surface area contributed by atoms with Crippen LogP contribution in [-0.2, 0) is 10.2 Å². The van der Waals surface area contributed by atoms with Crippen molar-refractivity contribution in [2.75, 3.05) is 25.6 Å². The van der Waals surface area contributed by atoms with Crippen molar-refractivity contribution in [3.63, 3.8) is 0 Å². The molecule has 2 heterocycles. The van der Waals surface area contributed by atoms with Crippen molar-refractivity contribution in [1.29, 1.82) is 0 Å². The van der Waals surface area contributed by atoms with E-state index in [-0.39, 0.29) is 24.1 Å². The number of anilines is 1. The molecule has 1 aromatic heterocycles. The Hall–Kier alpha value is -2.38. The van der Waals surface area contributed by atoms with Gasteiger partial charge in [0.15, 0.2) is 0 Å². The van der Waals surface area contributed by atoms with Gasteiger partial charge in [0, 0.05) is 18.5 Å². The average Bonchev–Trinajstić information content (AvgIpc) is 3.21. The van der Waals surface area contributed by atoms with Gasteiger partial charge in [0.2, 0.25) is 0 Å². The highest BCUT2D eigenvalue weighted by Gasteiger charge is 2.33. The zero-order valence-electron chi connectivity index (χ0n) is 15.6. The van der Waals surface area contributed by atoms with Crippen LogP contribution >= 0.6 is 0 Å². The number of ether oxygens (including phenoxy) is 1. The molecular weight excluding hydrogens is 332 g/mol. The fraction of sp³-hybridized carbons (Fsp3) is 0.474. The summed E-state index contributed by atoms with van der Waals surface area (Å²) in [5.41, 5.74) is 1.59. The monoisotopic (exact) mass is 358 g/mol. The highest BCUT2D eigenvalue weighted by Crippen LogP contribution is 2.26. The molecule has 1 saturated heterocycles. The third-order valence-electron chi connectivity index (χ3n) is 4.55. The van der Waals surface area contributed by atoms with E-state index in [1.54, 1.807) is 11.7 Å². The molecule has 7 heteroatoms. The van der Waals surface area contributed by atoms with Gasteiger partial charge in [0.25, 0.3) is 0 Å². The summed E-state index contributed by atoms with van der Waals surface area (Å²) in [6, 6.07) is 10.9. The number of aliphatic hydroxyl groups is 1. The van der Waals surface area contributed by atoms with Crippen LogP contribution in [0.15, 0.2) is 36.4 Å². The van der Waals surface area contributed by atoms with Gasteiger partial charge in [-0.25, -0.2) is 9.48 Å². The lowest BCUT2D eigenvalue weighted by atomic mass is 9.92. The molecule has 3 rings (SSSR count). The second-order valence-corrected chi connectivity index (χ2v) is 7.63. The number of amides is 2. The largest absolute Gasteiger partial charge is 0.388 e. The van der Waals surface area contributed by atoms with E-state index >= 15 is 0 Å². The van der Waals surface area contributed by atoms with Gasteiger partial charge in [0.1, 0.15) is 5.82 Å². The molecule has 26 heavy (non-hydrogen) atoms. The molecular formula is C19H26N4O3. The highest BCUT2D eigenvalue weighted by atomic mass is 16.5. The maximum Gasteiger partial charge on any atom is 0.323 e. The highest BCUT2D eigenvalue weighted by molar-refractivity contribution is 5.89. The minimum absolute atomic E-state index is 0.152. The summed E-state index contributed by atoms with van der Waals surface area (Å²) < 4.78 is 6.97. The maximum absolute atomic E-state index is 12.7. The van der Waals surface area contributed by atoms with Gasteiger partial charge in [-0.05, 0) is 12.1 Å². The number of rotatable bonds is 3. The molecule has 2 amide bonds. The minimum atomic E-state index is -0.671. The summed E-state index contributed by atoms with van der Waals surface area (Å²) >= 11 is 0. The van der Waals surface area contributed by atoms with Crippen molar-refractivity contribution in [1.82, 2.24) is 14.7 Å². The Bertz CT molecular complexity index is 767. The first kappa shape index (κ1) is 18.4. The van der Waals surface area contributed by atoms with Crippen molar-refractivity contribution in [3.05, 3.63) is 42.1 Å². The summed E-state index contributed by atoms with van der Waals surface area (Å²) in [5, 5.41) is 17.6. The van der Waals surface area contributed by atoms with E-state index in [0.29, 0.717) is 12.4 Å². The molecule has 0 bridgehead atoms. The van der Waals surface area contributed by atoms with Crippen LogP contribution in [0.25, 0.3) is 5.69 Å². The number of benzene rings is 1. The minimum Gasteiger partial charge on any atom is -0.388 e. The standard InChI is InChI=1S/C19H26N4O3/c1-19(2,3)16-10-17(23(21-16)13-8-6-5-7-9-13)20-18(25)22(4)14-11-26-12-15(14)24/h5-10,14-15,24H,11-12H2,1-4H3,(H,20,25)/t14-,15-/m0/s1. The van der Waals surface area contributed by atoms with E-state index in [9.17, 15) is 9.90 Å². The summed E-state index contributed by atoms with van der Waals surface area (Å²) in [7, 11) is 1.66. The number of hydrogen-bond acceptors (Lipinski definition) is 4. The zero-order chi connectivity index (χ0) is 18.9. The second kappa shape index (κ2) is 7.09. The number of likely N-dealkylation sites (N-methyl/N-ethyl adjacent to an activating group) is 1. The van der Waals surface area contributed by atoms with E-state index in [1.807, 2.05) is 36.4 Å². The summed E-state index contributed by atoms with van der Waals surface area (Å²) in [6.45, 7) is 6.81. The van der Waals surface area contributed by atoms with E-state index in [1.165, 1.54) is 4.90 Å². The van der Waals surface area contributed by atoms with E-state index < -0.39 is 6.10 Å². The number of aromatic nitrogens is 2. The summed E-state index contributed by atoms with van der Waals surface area (Å²) in [6.07, 6.45) is -0.671. The van der Waals surface area contributed by atoms with Gasteiger partial charge in [0.05, 0.1) is 36.7 Å². The Labute approximate surface area is 153 Å². The van der Waals surface area contributed by atoms with Crippen LogP contribution in [0.2, 0.25) is 0 Å². The van der Waals surface area contributed by atoms with Gasteiger partial charge in [-0.15, -0.1) is 0 Å². The normalized spacial score (nSPS) is 20.2. The van der Waals surface area contributed by atoms with E-state index in [4.69, 9.17) is 4.74 Å². The Morgan fingerprint density at radius 2 is 2.00 bits per heavy atom. The second-order valence-electron chi connectivity index (χ2n) is 7.63. The van der Waals surface area contributed by atoms with Gasteiger partial charge in [-0.2, -0.15) is 5.10 Å². The van der Waals surface area contributed by atoms with Crippen molar-refractivity contribution < 1.29 is 14.6 Å². The third-order valence-corrected chi connectivity index (χ3v) is 4.55. The summed E-state index contributed by atoms with van der Waals surface area (Å²) in [5.74, 6) is 0.589. The lowest BCUT2D eigenvalue weighted by Gasteiger charge is -2.25. The van der Waals surface area contributed by atoms with Crippen LogP contribution < -0.4 is 5.32 Å². The molecule has 1 aliphatic rings. The number of nitrogens with one attached hydrogen (secondary N) is 1. The molecule has 1 aromatic carbocycles. The fourth-order valence-corrected chi connectivity index (χ4v) is 2.85. The van der Waals surface area contributed by atoms with Crippen LogP contribution in [-0.4, -0.2) is 58.2 Å². The molecule has 2 aromatic rings. The third kappa shape index (κ3) is 3.73. The number of para-hydroxylation sites is 1. The Morgan fingerprint density at radius 1 is 1.31 bits per heavy atom. The SMILES string of the molecule is CN(C(=O)Nc1cc(C(C)(C)C)nn1-c1ccccc1)[C@H]1COC[C@@H]1O. The molecule has 2 N–H and O–H groups in total. The smallest absolute Gasteiger partial charge is 0.323 e. The number of urea groups is 1. The summed E-state index contributed by atoms with van der Waals surface area (Å²) in [4.78, 5) is 14.2. The Kier molecular flexibility index (Phi) is 5.02. The number of carbonyl (C=O) groups is 1. The quantitative estimate of drug-likeness (QED) is 0.883. The predicted molar refractivity (Wildman–Crippen MR) is 99.7 cm³/mol. The Balaban J connectivity index is 1.88. The van der Waals surface area contributed by atoms with Crippen LogP contribution in [0.3, 0.4) is 0 Å². The molecule has 0 spiro atoms. The molecule has 0 aliphatic carbocycles. The molecule has 140 valence electrons. The fourth-order valence-electron chi connectivity index (χ4n) is 2.85. The number of hydrogen-bond donors (Lipinski definition) is 2. The van der Waals surface area contributed by atoms with Crippen molar-refractivity contribution in [2.45, 2.75) is 38.3 Å². The number of carbonyl (C=O) groups excluding carboxylic acids is 1.